The Labute approximate surface area is 176 Å². The Morgan fingerprint density at radius 2 is 1.90 bits per heavy atom. The highest BCUT2D eigenvalue weighted by atomic mass is 35.5. The van der Waals surface area contributed by atoms with E-state index in [2.05, 4.69) is 31.7 Å². The van der Waals surface area contributed by atoms with Gasteiger partial charge < -0.3 is 20.4 Å². The Balaban J connectivity index is 1.65. The number of rotatable bonds is 5. The molecule has 9 heteroatoms. The van der Waals surface area contributed by atoms with E-state index in [1.165, 1.54) is 7.11 Å². The van der Waals surface area contributed by atoms with Crippen LogP contribution in [0.3, 0.4) is 0 Å². The third kappa shape index (κ3) is 4.04. The molecule has 0 saturated carbocycles. The number of methoxy groups -OCH3 is 1. The average Bonchev–Trinajstić information content (AvgIpc) is 3.18. The zero-order valence-corrected chi connectivity index (χ0v) is 16.6. The molecule has 3 N–H and O–H groups in total. The molecule has 4 rings (SSSR count). The van der Waals surface area contributed by atoms with E-state index in [9.17, 15) is 5.26 Å². The fourth-order valence-electron chi connectivity index (χ4n) is 2.87. The number of ether oxygens (including phenoxy) is 1. The summed E-state index contributed by atoms with van der Waals surface area (Å²) >= 11 is 12.3. The van der Waals surface area contributed by atoms with Crippen LogP contribution in [-0.4, -0.2) is 22.1 Å². The number of fused-ring (bicyclic) bond motifs is 1. The van der Waals surface area contributed by atoms with E-state index in [0.717, 1.165) is 16.6 Å². The smallest absolute Gasteiger partial charge is 0.171 e. The normalized spacial score (nSPS) is 10.6. The lowest BCUT2D eigenvalue weighted by molar-refractivity contribution is 0.413. The van der Waals surface area contributed by atoms with Gasteiger partial charge in [-0.05, 0) is 24.3 Å². The van der Waals surface area contributed by atoms with E-state index >= 15 is 0 Å². The molecule has 0 saturated heterocycles. The van der Waals surface area contributed by atoms with Crippen LogP contribution in [0.25, 0.3) is 10.9 Å². The zero-order chi connectivity index (χ0) is 20.4. The lowest BCUT2D eigenvalue weighted by Crippen LogP contribution is -1.99. The number of nitriles is 1. The van der Waals surface area contributed by atoms with E-state index in [1.807, 2.05) is 18.3 Å². The second-order valence-corrected chi connectivity index (χ2v) is 6.87. The van der Waals surface area contributed by atoms with E-state index in [1.54, 1.807) is 30.5 Å². The van der Waals surface area contributed by atoms with Crippen LogP contribution in [0.2, 0.25) is 10.2 Å². The molecule has 0 radical (unpaired) electrons. The molecule has 7 nitrogen and oxygen atoms in total. The summed E-state index contributed by atoms with van der Waals surface area (Å²) in [7, 11) is 1.51. The van der Waals surface area contributed by atoms with E-state index in [4.69, 9.17) is 27.9 Å². The van der Waals surface area contributed by atoms with Crippen molar-refractivity contribution in [2.45, 2.75) is 0 Å². The third-order valence-electron chi connectivity index (χ3n) is 4.15. The van der Waals surface area contributed by atoms with Crippen LogP contribution < -0.4 is 15.4 Å². The summed E-state index contributed by atoms with van der Waals surface area (Å²) in [5, 5.41) is 17.5. The maximum absolute atomic E-state index is 9.35. The second-order valence-electron chi connectivity index (χ2n) is 6.10. The van der Waals surface area contributed by atoms with Crippen molar-refractivity contribution < 1.29 is 4.74 Å². The molecule has 1 aromatic carbocycles. The standard InChI is InChI=1S/C20H14Cl2N6O/c1-29-18-7-14(10-25-20(18)22)26-11-4-13(9-23)28-19(8-11)27-12-5-16(21)15-2-3-24-17(15)6-12/h2-8,10,24H,1H3,(H2,26,27,28). The van der Waals surface area contributed by atoms with Gasteiger partial charge in [0.2, 0.25) is 0 Å². The molecular formula is C20H14Cl2N6O. The first-order chi connectivity index (χ1) is 14.1. The summed E-state index contributed by atoms with van der Waals surface area (Å²) in [6.45, 7) is 0. The highest BCUT2D eigenvalue weighted by Gasteiger charge is 2.09. The molecule has 0 aliphatic heterocycles. The summed E-state index contributed by atoms with van der Waals surface area (Å²) in [4.78, 5) is 11.5. The van der Waals surface area contributed by atoms with Crippen LogP contribution in [0.5, 0.6) is 5.75 Å². The summed E-state index contributed by atoms with van der Waals surface area (Å²) in [5.74, 6) is 0.931. The van der Waals surface area contributed by atoms with Crippen molar-refractivity contribution in [3.05, 3.63) is 64.7 Å². The first-order valence-electron chi connectivity index (χ1n) is 8.48. The fourth-order valence-corrected chi connectivity index (χ4v) is 3.33. The van der Waals surface area contributed by atoms with Crippen molar-refractivity contribution >= 4 is 57.0 Å². The highest BCUT2D eigenvalue weighted by molar-refractivity contribution is 6.35. The van der Waals surface area contributed by atoms with E-state index in [0.29, 0.717) is 28.0 Å². The Morgan fingerprint density at radius 3 is 2.69 bits per heavy atom. The van der Waals surface area contributed by atoms with Gasteiger partial charge in [0, 0.05) is 40.6 Å². The fraction of sp³-hybridized carbons (Fsp3) is 0.0500. The topological polar surface area (TPSA) is 98.6 Å². The summed E-state index contributed by atoms with van der Waals surface area (Å²) in [6.07, 6.45) is 3.40. The Bertz CT molecular complexity index is 1250. The van der Waals surface area contributed by atoms with Gasteiger partial charge in [-0.2, -0.15) is 5.26 Å². The number of halogens is 2. The van der Waals surface area contributed by atoms with Crippen LogP contribution in [0, 0.1) is 11.3 Å². The molecule has 3 aromatic heterocycles. The van der Waals surface area contributed by atoms with Gasteiger partial charge in [-0.15, -0.1) is 0 Å². The quantitative estimate of drug-likeness (QED) is 0.359. The Hall–Kier alpha value is -3.47. The van der Waals surface area contributed by atoms with Gasteiger partial charge >= 0.3 is 0 Å². The number of hydrogen-bond acceptors (Lipinski definition) is 6. The molecule has 29 heavy (non-hydrogen) atoms. The Morgan fingerprint density at radius 1 is 1.07 bits per heavy atom. The molecule has 0 atom stereocenters. The average molecular weight is 425 g/mol. The molecule has 3 heterocycles. The van der Waals surface area contributed by atoms with Gasteiger partial charge in [0.15, 0.2) is 10.9 Å². The minimum Gasteiger partial charge on any atom is -0.493 e. The number of nitrogens with zero attached hydrogens (tertiary/aromatic N) is 3. The summed E-state index contributed by atoms with van der Waals surface area (Å²) in [6, 6.07) is 12.8. The van der Waals surface area contributed by atoms with Crippen molar-refractivity contribution in [1.29, 1.82) is 5.26 Å². The van der Waals surface area contributed by atoms with Gasteiger partial charge in [-0.25, -0.2) is 9.97 Å². The highest BCUT2D eigenvalue weighted by Crippen LogP contribution is 2.30. The van der Waals surface area contributed by atoms with Crippen LogP contribution in [0.4, 0.5) is 22.9 Å². The molecule has 0 aliphatic carbocycles. The first kappa shape index (κ1) is 18.9. The van der Waals surface area contributed by atoms with Gasteiger partial charge in [-0.1, -0.05) is 23.2 Å². The molecule has 0 unspecified atom stereocenters. The van der Waals surface area contributed by atoms with E-state index < -0.39 is 0 Å². The molecule has 0 amide bonds. The third-order valence-corrected chi connectivity index (χ3v) is 4.74. The van der Waals surface area contributed by atoms with Crippen molar-refractivity contribution in [3.63, 3.8) is 0 Å². The molecular weight excluding hydrogens is 411 g/mol. The molecule has 0 aliphatic rings. The van der Waals surface area contributed by atoms with Crippen molar-refractivity contribution in [2.24, 2.45) is 0 Å². The maximum Gasteiger partial charge on any atom is 0.171 e. The van der Waals surface area contributed by atoms with Crippen LogP contribution >= 0.6 is 23.2 Å². The second kappa shape index (κ2) is 7.87. The lowest BCUT2D eigenvalue weighted by Gasteiger charge is -2.12. The first-order valence-corrected chi connectivity index (χ1v) is 9.24. The maximum atomic E-state index is 9.35. The monoisotopic (exact) mass is 424 g/mol. The number of aromatic amines is 1. The zero-order valence-electron chi connectivity index (χ0n) is 15.1. The van der Waals surface area contributed by atoms with Gasteiger partial charge in [0.25, 0.3) is 0 Å². The number of benzene rings is 1. The molecule has 0 fully saturated rings. The van der Waals surface area contributed by atoms with Crippen LogP contribution in [0.1, 0.15) is 5.69 Å². The number of aromatic nitrogens is 3. The van der Waals surface area contributed by atoms with Crippen molar-refractivity contribution in [3.8, 4) is 11.8 Å². The molecule has 4 aromatic rings. The lowest BCUT2D eigenvalue weighted by atomic mass is 10.2. The Kier molecular flexibility index (Phi) is 5.12. The van der Waals surface area contributed by atoms with Crippen LogP contribution in [0.15, 0.2) is 48.8 Å². The number of nitrogens with one attached hydrogen (secondary N) is 3. The summed E-state index contributed by atoms with van der Waals surface area (Å²) in [5.41, 5.74) is 3.20. The largest absolute Gasteiger partial charge is 0.493 e. The summed E-state index contributed by atoms with van der Waals surface area (Å²) < 4.78 is 5.18. The molecule has 144 valence electrons. The van der Waals surface area contributed by atoms with Crippen molar-refractivity contribution in [2.75, 3.05) is 17.7 Å². The minimum absolute atomic E-state index is 0.249. The van der Waals surface area contributed by atoms with E-state index in [-0.39, 0.29) is 10.8 Å². The van der Waals surface area contributed by atoms with Crippen LogP contribution in [-0.2, 0) is 0 Å². The number of anilines is 4. The predicted octanol–water partition coefficient (Wildman–Crippen LogP) is 5.63. The van der Waals surface area contributed by atoms with Gasteiger partial charge in [-0.3, -0.25) is 0 Å². The van der Waals surface area contributed by atoms with Crippen molar-refractivity contribution in [1.82, 2.24) is 15.0 Å². The number of hydrogen-bond donors (Lipinski definition) is 3. The number of H-pyrrole nitrogens is 1. The van der Waals surface area contributed by atoms with Gasteiger partial charge in [0.05, 0.1) is 24.0 Å². The number of pyridine rings is 2. The van der Waals surface area contributed by atoms with Gasteiger partial charge in [0.1, 0.15) is 17.6 Å². The predicted molar refractivity (Wildman–Crippen MR) is 115 cm³/mol. The SMILES string of the molecule is COc1cc(Nc2cc(C#N)nc(Nc3cc(Cl)c4cc[nH]c4c3)c2)cnc1Cl. The molecule has 0 bridgehead atoms. The minimum atomic E-state index is 0.249. The molecule has 0 spiro atoms.